The van der Waals surface area contributed by atoms with Gasteiger partial charge in [-0.3, -0.25) is 0 Å². The second-order valence-electron chi connectivity index (χ2n) is 2.56. The predicted octanol–water partition coefficient (Wildman–Crippen LogP) is -3.10. The molecule has 13 heavy (non-hydrogen) atoms. The van der Waals surface area contributed by atoms with Crippen LogP contribution in [0.2, 0.25) is 0 Å². The SMILES string of the molecule is CCSCCC1=[C]([Ti+2])CC=C1.[Cl-].[Cl-]. The molecule has 0 heterocycles. The van der Waals surface area contributed by atoms with Gasteiger partial charge >= 0.3 is 85.1 Å². The Labute approximate surface area is 109 Å². The van der Waals surface area contributed by atoms with Crippen molar-refractivity contribution in [2.24, 2.45) is 0 Å². The molecule has 0 aromatic carbocycles. The van der Waals surface area contributed by atoms with Gasteiger partial charge in [0.25, 0.3) is 0 Å². The first kappa shape index (κ1) is 16.6. The van der Waals surface area contributed by atoms with Gasteiger partial charge in [0.2, 0.25) is 0 Å². The van der Waals surface area contributed by atoms with E-state index in [1.54, 1.807) is 9.45 Å². The van der Waals surface area contributed by atoms with E-state index in [0.29, 0.717) is 0 Å². The molecule has 1 aliphatic carbocycles. The van der Waals surface area contributed by atoms with Crippen LogP contribution in [0.4, 0.5) is 0 Å². The van der Waals surface area contributed by atoms with Gasteiger partial charge in [0.1, 0.15) is 0 Å². The summed E-state index contributed by atoms with van der Waals surface area (Å²) in [5.74, 6) is 2.53. The van der Waals surface area contributed by atoms with Crippen molar-refractivity contribution < 1.29 is 45.2 Å². The molecule has 0 saturated carbocycles. The van der Waals surface area contributed by atoms with Gasteiger partial charge < -0.3 is 24.8 Å². The molecule has 0 amide bonds. The van der Waals surface area contributed by atoms with E-state index in [0.717, 1.165) is 0 Å². The van der Waals surface area contributed by atoms with Crippen LogP contribution in [0.5, 0.6) is 0 Å². The molecule has 0 fully saturated rings. The number of thioether (sulfide) groups is 1. The van der Waals surface area contributed by atoms with Crippen LogP contribution in [-0.2, 0) is 20.4 Å². The molecule has 0 radical (unpaired) electrons. The zero-order chi connectivity index (χ0) is 8.10. The van der Waals surface area contributed by atoms with Crippen LogP contribution in [0.3, 0.4) is 0 Å². The van der Waals surface area contributed by atoms with Crippen LogP contribution in [0.25, 0.3) is 0 Å². The molecule has 0 saturated heterocycles. The summed E-state index contributed by atoms with van der Waals surface area (Å²) in [6, 6.07) is 0. The Morgan fingerprint density at radius 3 is 2.62 bits per heavy atom. The smallest absolute Gasteiger partial charge is 1.00 e. The molecule has 1 rings (SSSR count). The van der Waals surface area contributed by atoms with Crippen molar-refractivity contribution >= 4 is 11.8 Å². The van der Waals surface area contributed by atoms with Crippen molar-refractivity contribution in [2.75, 3.05) is 11.5 Å². The minimum atomic E-state index is 0. The van der Waals surface area contributed by atoms with Gasteiger partial charge in [0.15, 0.2) is 0 Å². The summed E-state index contributed by atoms with van der Waals surface area (Å²) < 4.78 is 1.57. The van der Waals surface area contributed by atoms with E-state index in [9.17, 15) is 0 Å². The second-order valence-corrected chi connectivity index (χ2v) is 4.89. The molecule has 0 spiro atoms. The predicted molar refractivity (Wildman–Crippen MR) is 48.4 cm³/mol. The first-order valence-corrected chi connectivity index (χ1v) is 5.96. The molecule has 0 aromatic rings. The van der Waals surface area contributed by atoms with E-state index < -0.39 is 0 Å². The molecule has 0 atom stereocenters. The van der Waals surface area contributed by atoms with E-state index >= 15 is 0 Å². The summed E-state index contributed by atoms with van der Waals surface area (Å²) in [6.07, 6.45) is 7.00. The Hall–Kier alpha value is 1.12. The minimum absolute atomic E-state index is 0. The topological polar surface area (TPSA) is 0 Å². The Kier molecular flexibility index (Phi) is 12.3. The average molecular weight is 272 g/mol. The van der Waals surface area contributed by atoms with Crippen molar-refractivity contribution in [3.63, 3.8) is 0 Å². The number of rotatable bonds is 4. The Morgan fingerprint density at radius 2 is 2.15 bits per heavy atom. The molecule has 4 heteroatoms. The second kappa shape index (κ2) is 9.67. The summed E-state index contributed by atoms with van der Waals surface area (Å²) in [7, 11) is 0. The third-order valence-corrected chi connectivity index (χ3v) is 3.47. The first-order chi connectivity index (χ1) is 5.34. The zero-order valence-corrected chi connectivity index (χ0v) is 11.5. The number of allylic oxidation sites excluding steroid dienone is 4. The normalized spacial score (nSPS) is 14.1. The number of hydrogen-bond acceptors (Lipinski definition) is 1. The van der Waals surface area contributed by atoms with Gasteiger partial charge in [-0.15, -0.1) is 0 Å². The summed E-state index contributed by atoms with van der Waals surface area (Å²) in [5, 5.41) is 0. The molecule has 0 nitrogen and oxygen atoms in total. The molecular weight excluding hydrogens is 259 g/mol. The van der Waals surface area contributed by atoms with Crippen molar-refractivity contribution in [3.8, 4) is 0 Å². The zero-order valence-electron chi connectivity index (χ0n) is 7.65. The van der Waals surface area contributed by atoms with Gasteiger partial charge in [-0.2, -0.15) is 0 Å². The summed E-state index contributed by atoms with van der Waals surface area (Å²) in [5.41, 5.74) is 1.57. The standard InChI is InChI=1S/C9H13S.2ClH.Ti/c1-2-10-8-7-9-5-3-4-6-9;;;/h3,5H,2,4,7-8H2,1H3;2*1H;/q;;;+2/p-2. The molecular formula is C9H13Cl2STi. The summed E-state index contributed by atoms with van der Waals surface area (Å²) in [4.78, 5) is 0. The molecule has 0 bridgehead atoms. The van der Waals surface area contributed by atoms with Crippen LogP contribution in [-0.4, -0.2) is 11.5 Å². The molecule has 0 unspecified atom stereocenters. The van der Waals surface area contributed by atoms with Gasteiger partial charge in [-0.05, 0) is 0 Å². The van der Waals surface area contributed by atoms with E-state index in [-0.39, 0.29) is 24.8 Å². The van der Waals surface area contributed by atoms with Crippen LogP contribution < -0.4 is 24.8 Å². The number of hydrogen-bond donors (Lipinski definition) is 0. The third kappa shape index (κ3) is 6.25. The number of halogens is 2. The fraction of sp³-hybridized carbons (Fsp3) is 0.556. The van der Waals surface area contributed by atoms with Crippen LogP contribution in [0, 0.1) is 0 Å². The maximum Gasteiger partial charge on any atom is -1.00 e. The fourth-order valence-electron chi connectivity index (χ4n) is 1.11. The Bertz CT molecular complexity index is 190. The van der Waals surface area contributed by atoms with E-state index in [1.165, 1.54) is 24.3 Å². The van der Waals surface area contributed by atoms with E-state index in [2.05, 4.69) is 39.5 Å². The maximum atomic E-state index is 2.28. The Balaban J connectivity index is 0. The van der Waals surface area contributed by atoms with Crippen LogP contribution in [0.1, 0.15) is 19.8 Å². The average Bonchev–Trinajstić information content (AvgIpc) is 2.37. The molecule has 0 aliphatic heterocycles. The summed E-state index contributed by atoms with van der Waals surface area (Å²) in [6.45, 7) is 2.22. The van der Waals surface area contributed by atoms with Crippen molar-refractivity contribution in [1.29, 1.82) is 0 Å². The quantitative estimate of drug-likeness (QED) is 0.386. The maximum absolute atomic E-state index is 2.28. The van der Waals surface area contributed by atoms with Crippen molar-refractivity contribution in [3.05, 3.63) is 21.6 Å². The van der Waals surface area contributed by atoms with Gasteiger partial charge in [-0.25, -0.2) is 0 Å². The van der Waals surface area contributed by atoms with Crippen molar-refractivity contribution in [1.82, 2.24) is 0 Å². The van der Waals surface area contributed by atoms with Gasteiger partial charge in [0, 0.05) is 0 Å². The largest absolute Gasteiger partial charge is 1.00 e. The monoisotopic (exact) mass is 271 g/mol. The summed E-state index contributed by atoms with van der Waals surface area (Å²) >= 11 is 4.27. The van der Waals surface area contributed by atoms with Crippen LogP contribution in [0.15, 0.2) is 21.6 Å². The van der Waals surface area contributed by atoms with Crippen LogP contribution >= 0.6 is 11.8 Å². The van der Waals surface area contributed by atoms with E-state index in [1.807, 2.05) is 11.8 Å². The molecule has 1 aliphatic rings. The molecule has 0 N–H and O–H groups in total. The van der Waals surface area contributed by atoms with E-state index in [4.69, 9.17) is 0 Å². The first-order valence-electron chi connectivity index (χ1n) is 4.02. The Morgan fingerprint density at radius 1 is 1.46 bits per heavy atom. The fourth-order valence-corrected chi connectivity index (χ4v) is 2.27. The molecule has 73 valence electrons. The minimum Gasteiger partial charge on any atom is -1.00 e. The van der Waals surface area contributed by atoms with Gasteiger partial charge in [0.05, 0.1) is 0 Å². The van der Waals surface area contributed by atoms with Crippen molar-refractivity contribution in [2.45, 2.75) is 19.8 Å². The molecule has 0 aromatic heterocycles. The third-order valence-electron chi connectivity index (χ3n) is 1.75. The van der Waals surface area contributed by atoms with Gasteiger partial charge in [-0.1, -0.05) is 0 Å².